The van der Waals surface area contributed by atoms with Gasteiger partial charge in [0.15, 0.2) is 0 Å². The van der Waals surface area contributed by atoms with Gasteiger partial charge in [0.25, 0.3) is 0 Å². The summed E-state index contributed by atoms with van der Waals surface area (Å²) < 4.78 is 5.45. The number of unbranched alkanes of at least 4 members (excludes halogenated alkanes) is 38. The summed E-state index contributed by atoms with van der Waals surface area (Å²) in [7, 11) is 0. The first-order valence-corrected chi connectivity index (χ1v) is 27.4. The average Bonchev–Trinajstić information content (AvgIpc) is 3.26. The number of allylic oxidation sites excluding steroid dienone is 2. The van der Waals surface area contributed by atoms with Gasteiger partial charge in [-0.05, 0) is 51.4 Å². The van der Waals surface area contributed by atoms with Crippen molar-refractivity contribution < 1.29 is 24.5 Å². The van der Waals surface area contributed by atoms with Gasteiger partial charge in [-0.2, -0.15) is 0 Å². The highest BCUT2D eigenvalue weighted by atomic mass is 16.5. The highest BCUT2D eigenvalue weighted by Crippen LogP contribution is 2.17. The number of hydrogen-bond donors (Lipinski definition) is 3. The molecule has 6 nitrogen and oxygen atoms in total. The predicted octanol–water partition coefficient (Wildman–Crippen LogP) is 16.5. The molecule has 6 heteroatoms. The zero-order valence-corrected chi connectivity index (χ0v) is 41.2. The summed E-state index contributed by atoms with van der Waals surface area (Å²) in [5, 5.41) is 23.3. The van der Waals surface area contributed by atoms with Gasteiger partial charge >= 0.3 is 5.97 Å². The predicted molar refractivity (Wildman–Crippen MR) is 264 cm³/mol. The Hall–Kier alpha value is -1.40. The van der Waals surface area contributed by atoms with Crippen molar-refractivity contribution in [1.29, 1.82) is 0 Å². The van der Waals surface area contributed by atoms with Gasteiger partial charge in [-0.3, -0.25) is 9.59 Å². The Kier molecular flexibility index (Phi) is 50.1. The van der Waals surface area contributed by atoms with Crippen LogP contribution in [-0.4, -0.2) is 47.4 Å². The molecule has 0 aromatic heterocycles. The zero-order valence-electron chi connectivity index (χ0n) is 41.2. The topological polar surface area (TPSA) is 95.9 Å². The van der Waals surface area contributed by atoms with Gasteiger partial charge in [0, 0.05) is 12.8 Å². The Morgan fingerprint density at radius 2 is 0.770 bits per heavy atom. The number of amides is 1. The summed E-state index contributed by atoms with van der Waals surface area (Å²) in [6, 6.07) is -0.553. The molecule has 0 aromatic carbocycles. The fourth-order valence-electron chi connectivity index (χ4n) is 8.58. The molecule has 0 aliphatic rings. The summed E-state index contributed by atoms with van der Waals surface area (Å²) in [6.07, 6.45) is 59.0. The lowest BCUT2D eigenvalue weighted by molar-refractivity contribution is -0.143. The molecule has 0 aliphatic heterocycles. The van der Waals surface area contributed by atoms with E-state index in [2.05, 4.69) is 31.3 Å². The Morgan fingerprint density at radius 1 is 0.443 bits per heavy atom. The lowest BCUT2D eigenvalue weighted by Gasteiger charge is -2.22. The summed E-state index contributed by atoms with van der Waals surface area (Å²) in [5.74, 6) is -0.0668. The van der Waals surface area contributed by atoms with Gasteiger partial charge < -0.3 is 20.3 Å². The number of nitrogens with one attached hydrogen (secondary N) is 1. The third kappa shape index (κ3) is 47.9. The van der Waals surface area contributed by atoms with Crippen LogP contribution in [0.4, 0.5) is 0 Å². The van der Waals surface area contributed by atoms with Crippen LogP contribution in [0.5, 0.6) is 0 Å². The van der Waals surface area contributed by atoms with E-state index in [-0.39, 0.29) is 18.5 Å². The third-order valence-corrected chi connectivity index (χ3v) is 12.8. The van der Waals surface area contributed by atoms with Gasteiger partial charge in [-0.1, -0.05) is 251 Å². The first kappa shape index (κ1) is 59.6. The molecule has 0 bridgehead atoms. The van der Waals surface area contributed by atoms with E-state index in [0.29, 0.717) is 25.9 Å². The van der Waals surface area contributed by atoms with Crippen molar-refractivity contribution >= 4 is 11.9 Å². The summed E-state index contributed by atoms with van der Waals surface area (Å²) >= 11 is 0. The molecule has 1 amide bonds. The number of ether oxygens (including phenoxy) is 1. The number of hydrogen-bond acceptors (Lipinski definition) is 5. The molecule has 0 fully saturated rings. The molecule has 0 heterocycles. The Balaban J connectivity index is 3.46. The largest absolute Gasteiger partial charge is 0.466 e. The molecule has 0 spiro atoms. The normalized spacial score (nSPS) is 12.7. The Morgan fingerprint density at radius 3 is 1.20 bits per heavy atom. The van der Waals surface area contributed by atoms with Crippen molar-refractivity contribution in [2.24, 2.45) is 0 Å². The molecule has 3 N–H and O–H groups in total. The summed E-state index contributed by atoms with van der Waals surface area (Å²) in [5.41, 5.74) is 0. The van der Waals surface area contributed by atoms with Crippen LogP contribution in [0.2, 0.25) is 0 Å². The molecule has 0 aliphatic carbocycles. The second kappa shape index (κ2) is 51.2. The lowest BCUT2D eigenvalue weighted by Crippen LogP contribution is -2.45. The van der Waals surface area contributed by atoms with Crippen molar-refractivity contribution in [2.75, 3.05) is 13.2 Å². The number of carbonyl (C=O) groups is 2. The van der Waals surface area contributed by atoms with E-state index in [9.17, 15) is 19.8 Å². The fraction of sp³-hybridized carbons (Fsp3) is 0.927. The van der Waals surface area contributed by atoms with Crippen molar-refractivity contribution in [3.8, 4) is 0 Å². The second-order valence-electron chi connectivity index (χ2n) is 18.9. The maximum atomic E-state index is 12.5. The zero-order chi connectivity index (χ0) is 44.4. The molecule has 0 saturated carbocycles. The quantitative estimate of drug-likeness (QED) is 0.0322. The first-order valence-electron chi connectivity index (χ1n) is 27.4. The number of carbonyl (C=O) groups excluding carboxylic acids is 2. The monoisotopic (exact) mass is 862 g/mol. The van der Waals surface area contributed by atoms with E-state index in [1.54, 1.807) is 0 Å². The SMILES string of the molecule is CCCCC/C=C\CCCCCCCC(=O)OCCCCCCCCCCCCCCC(=O)NC(CO)C(O)CCCCCCCCCCCCCCCCCCCCCC. The maximum Gasteiger partial charge on any atom is 0.305 e. The van der Waals surface area contributed by atoms with Crippen molar-refractivity contribution in [2.45, 2.75) is 315 Å². The van der Waals surface area contributed by atoms with Crippen LogP contribution < -0.4 is 5.32 Å². The smallest absolute Gasteiger partial charge is 0.305 e. The number of aliphatic hydroxyl groups excluding tert-OH is 2. The average molecular weight is 862 g/mol. The minimum Gasteiger partial charge on any atom is -0.466 e. The van der Waals surface area contributed by atoms with E-state index in [1.807, 2.05) is 0 Å². The van der Waals surface area contributed by atoms with E-state index >= 15 is 0 Å². The molecule has 0 rings (SSSR count). The van der Waals surface area contributed by atoms with Crippen molar-refractivity contribution in [3.05, 3.63) is 12.2 Å². The molecular formula is C55H107NO5. The minimum atomic E-state index is -0.675. The Bertz CT molecular complexity index is 909. The molecular weight excluding hydrogens is 755 g/mol. The maximum absolute atomic E-state index is 12.5. The van der Waals surface area contributed by atoms with Crippen molar-refractivity contribution in [1.82, 2.24) is 5.32 Å². The van der Waals surface area contributed by atoms with Crippen LogP contribution in [0, 0.1) is 0 Å². The highest BCUT2D eigenvalue weighted by molar-refractivity contribution is 5.76. The molecule has 0 aromatic rings. The second-order valence-corrected chi connectivity index (χ2v) is 18.9. The summed E-state index contributed by atoms with van der Waals surface area (Å²) in [6.45, 7) is 4.91. The van der Waals surface area contributed by atoms with Crippen LogP contribution in [0.3, 0.4) is 0 Å². The van der Waals surface area contributed by atoms with E-state index < -0.39 is 12.1 Å². The van der Waals surface area contributed by atoms with E-state index in [0.717, 1.165) is 57.8 Å². The number of esters is 1. The van der Waals surface area contributed by atoms with Crippen LogP contribution in [-0.2, 0) is 14.3 Å². The van der Waals surface area contributed by atoms with Crippen molar-refractivity contribution in [3.63, 3.8) is 0 Å². The van der Waals surface area contributed by atoms with Crippen LogP contribution in [0.1, 0.15) is 303 Å². The first-order chi connectivity index (χ1) is 30.0. The summed E-state index contributed by atoms with van der Waals surface area (Å²) in [4.78, 5) is 24.5. The number of rotatable bonds is 51. The van der Waals surface area contributed by atoms with Gasteiger partial charge in [0.05, 0.1) is 25.4 Å². The van der Waals surface area contributed by atoms with Crippen LogP contribution in [0.25, 0.3) is 0 Å². The molecule has 0 saturated heterocycles. The third-order valence-electron chi connectivity index (χ3n) is 12.8. The Labute approximate surface area is 380 Å². The fourth-order valence-corrected chi connectivity index (χ4v) is 8.58. The van der Waals surface area contributed by atoms with Gasteiger partial charge in [-0.25, -0.2) is 0 Å². The standard InChI is InChI=1S/C55H107NO5/c1-3-5-7-9-11-13-15-17-18-19-20-21-22-23-24-27-31-35-39-43-47-53(58)52(51-57)56-54(59)48-44-40-36-32-28-25-26-30-34-38-42-46-50-61-55(60)49-45-41-37-33-29-16-14-12-10-8-6-4-2/h12,14,52-53,57-58H,3-11,13,15-51H2,1-2H3,(H,56,59)/b14-12-. The van der Waals surface area contributed by atoms with Crippen LogP contribution >= 0.6 is 0 Å². The molecule has 0 radical (unpaired) electrons. The minimum absolute atomic E-state index is 0.0185. The highest BCUT2D eigenvalue weighted by Gasteiger charge is 2.20. The molecule has 2 atom stereocenters. The van der Waals surface area contributed by atoms with Gasteiger partial charge in [0.1, 0.15) is 0 Å². The molecule has 2 unspecified atom stereocenters. The van der Waals surface area contributed by atoms with Gasteiger partial charge in [0.2, 0.25) is 5.91 Å². The molecule has 61 heavy (non-hydrogen) atoms. The molecule has 362 valence electrons. The van der Waals surface area contributed by atoms with E-state index in [4.69, 9.17) is 4.74 Å². The van der Waals surface area contributed by atoms with E-state index in [1.165, 1.54) is 212 Å². The number of aliphatic hydroxyl groups is 2. The van der Waals surface area contributed by atoms with Gasteiger partial charge in [-0.15, -0.1) is 0 Å². The van der Waals surface area contributed by atoms with Crippen LogP contribution in [0.15, 0.2) is 12.2 Å². The lowest BCUT2D eigenvalue weighted by atomic mass is 10.0.